The Morgan fingerprint density at radius 1 is 0.804 bits per heavy atom. The van der Waals surface area contributed by atoms with Crippen molar-refractivity contribution in [2.75, 3.05) is 4.90 Å². The summed E-state index contributed by atoms with van der Waals surface area (Å²) < 4.78 is 7.22. The molecule has 6 rings (SSSR count). The van der Waals surface area contributed by atoms with Crippen LogP contribution in [0.5, 0.6) is 0 Å². The van der Waals surface area contributed by atoms with Crippen molar-refractivity contribution < 1.29 is 28.7 Å². The molecule has 0 fully saturated rings. The highest BCUT2D eigenvalue weighted by molar-refractivity contribution is 9.10. The quantitative estimate of drug-likeness (QED) is 0.138. The molecule has 0 radical (unpaired) electrons. The summed E-state index contributed by atoms with van der Waals surface area (Å²) in [6.07, 6.45) is 1.37. The Kier molecular flexibility index (Phi) is 8.72. The monoisotopic (exact) mass is 739 g/mol. The Labute approximate surface area is 282 Å². The number of esters is 1. The van der Waals surface area contributed by atoms with Gasteiger partial charge < -0.3 is 4.74 Å². The van der Waals surface area contributed by atoms with E-state index < -0.39 is 40.8 Å². The number of halogens is 2. The maximum Gasteiger partial charge on any atom is 0.315 e. The van der Waals surface area contributed by atoms with Crippen LogP contribution in [0.15, 0.2) is 124 Å². The molecule has 1 aliphatic heterocycles. The van der Waals surface area contributed by atoms with Crippen molar-refractivity contribution in [1.82, 2.24) is 0 Å². The third kappa shape index (κ3) is 5.48. The fourth-order valence-corrected chi connectivity index (χ4v) is 7.41. The van der Waals surface area contributed by atoms with E-state index in [1.807, 2.05) is 18.2 Å². The van der Waals surface area contributed by atoms with Crippen LogP contribution in [0.4, 0.5) is 5.69 Å². The Morgan fingerprint density at radius 2 is 1.43 bits per heavy atom. The van der Waals surface area contributed by atoms with Crippen LogP contribution in [0.2, 0.25) is 0 Å². The van der Waals surface area contributed by atoms with E-state index in [2.05, 4.69) is 31.9 Å². The number of Topliss-reactive ketones (excluding diaryl/α,β-unsaturated/α-hetero) is 2. The summed E-state index contributed by atoms with van der Waals surface area (Å²) in [6, 6.07) is 29.4. The van der Waals surface area contributed by atoms with Gasteiger partial charge in [0.2, 0.25) is 11.8 Å². The number of allylic oxidation sites excluding steroid dienone is 1. The molecule has 3 atom stereocenters. The van der Waals surface area contributed by atoms with Crippen LogP contribution in [0.1, 0.15) is 45.2 Å². The van der Waals surface area contributed by atoms with Crippen molar-refractivity contribution >= 4 is 66.9 Å². The molecule has 1 spiro atoms. The minimum atomic E-state index is -1.80. The van der Waals surface area contributed by atoms with E-state index in [-0.39, 0.29) is 29.9 Å². The molecule has 4 aromatic carbocycles. The summed E-state index contributed by atoms with van der Waals surface area (Å²) in [5, 5.41) is 0. The van der Waals surface area contributed by atoms with Gasteiger partial charge in [-0.15, -0.1) is 0 Å². The smallest absolute Gasteiger partial charge is 0.315 e. The van der Waals surface area contributed by atoms with Crippen molar-refractivity contribution in [3.05, 3.63) is 146 Å². The zero-order valence-corrected chi connectivity index (χ0v) is 27.8. The average molecular weight is 741 g/mol. The highest BCUT2D eigenvalue weighted by atomic mass is 79.9. The summed E-state index contributed by atoms with van der Waals surface area (Å²) in [4.78, 5) is 71.5. The fraction of sp³-hybridized carbons (Fsp3) is 0.162. The van der Waals surface area contributed by atoms with E-state index in [9.17, 15) is 24.0 Å². The van der Waals surface area contributed by atoms with Crippen molar-refractivity contribution in [2.24, 2.45) is 11.8 Å². The topological polar surface area (TPSA) is 97.8 Å². The number of hydrogen-bond donors (Lipinski definition) is 0. The Bertz CT molecular complexity index is 1940. The number of imide groups is 1. The van der Waals surface area contributed by atoms with E-state index in [0.717, 1.165) is 10.5 Å². The van der Waals surface area contributed by atoms with Gasteiger partial charge in [-0.1, -0.05) is 111 Å². The number of hydrogen-bond acceptors (Lipinski definition) is 6. The normalized spacial score (nSPS) is 19.9. The number of rotatable bonds is 8. The van der Waals surface area contributed by atoms with E-state index in [0.29, 0.717) is 25.8 Å². The maximum absolute atomic E-state index is 14.8. The molecule has 0 unspecified atom stereocenters. The standard InChI is InChI=1S/C37H27Br2NO6/c1-22(41)40-31-16-6-5-15-30(31)37(36(40)45)26(20-32(42)24-11-7-13-27(38)17-24)19-29(34(43)25-12-8-14-28(39)18-25)33(37)35(44)46-21-23-9-3-2-4-10-23/h2-19,26,33H,20-21H2,1H3/t26-,33-,37-/m0/s1. The number of fused-ring (bicyclic) bond motifs is 2. The lowest BCUT2D eigenvalue weighted by Gasteiger charge is -2.35. The van der Waals surface area contributed by atoms with Gasteiger partial charge in [0.25, 0.3) is 0 Å². The van der Waals surface area contributed by atoms with Crippen LogP contribution < -0.4 is 4.90 Å². The number of amides is 2. The number of para-hydroxylation sites is 1. The van der Waals surface area contributed by atoms with Gasteiger partial charge in [0, 0.05) is 44.9 Å². The number of carbonyl (C=O) groups excluding carboxylic acids is 5. The summed E-state index contributed by atoms with van der Waals surface area (Å²) in [7, 11) is 0. The molecule has 0 aromatic heterocycles. The number of ketones is 2. The largest absolute Gasteiger partial charge is 0.460 e. The summed E-state index contributed by atoms with van der Waals surface area (Å²) in [5.41, 5.74) is 0.345. The van der Waals surface area contributed by atoms with Crippen molar-refractivity contribution in [1.29, 1.82) is 0 Å². The molecule has 0 saturated heterocycles. The first kappa shape index (κ1) is 31.5. The van der Waals surface area contributed by atoms with Gasteiger partial charge in [-0.3, -0.25) is 24.0 Å². The zero-order valence-electron chi connectivity index (χ0n) is 24.6. The summed E-state index contributed by atoms with van der Waals surface area (Å²) in [5.74, 6) is -5.20. The van der Waals surface area contributed by atoms with E-state index >= 15 is 0 Å². The second kappa shape index (κ2) is 12.7. The lowest BCUT2D eigenvalue weighted by atomic mass is 9.64. The maximum atomic E-state index is 14.8. The van der Waals surface area contributed by atoms with Gasteiger partial charge in [0.15, 0.2) is 11.6 Å². The predicted octanol–water partition coefficient (Wildman–Crippen LogP) is 7.41. The third-order valence-corrected chi connectivity index (χ3v) is 9.54. The fourth-order valence-electron chi connectivity index (χ4n) is 6.61. The summed E-state index contributed by atoms with van der Waals surface area (Å²) in [6.45, 7) is 1.17. The first-order valence-electron chi connectivity index (χ1n) is 14.6. The van der Waals surface area contributed by atoms with Crippen LogP contribution in [0.25, 0.3) is 0 Å². The van der Waals surface area contributed by atoms with E-state index in [4.69, 9.17) is 4.74 Å². The van der Waals surface area contributed by atoms with Crippen LogP contribution in [-0.2, 0) is 31.1 Å². The Morgan fingerprint density at radius 3 is 2.11 bits per heavy atom. The number of nitrogens with zero attached hydrogens (tertiary/aromatic N) is 1. The van der Waals surface area contributed by atoms with Crippen LogP contribution in [0, 0.1) is 11.8 Å². The Hall–Kier alpha value is -4.47. The van der Waals surface area contributed by atoms with Crippen LogP contribution in [0.3, 0.4) is 0 Å². The SMILES string of the molecule is CC(=O)N1C(=O)[C@@]2(c3ccccc31)[C@H](C(=O)OCc1ccccc1)C(C(=O)c1cccc(Br)c1)=C[C@H]2CC(=O)c1cccc(Br)c1. The number of anilines is 1. The van der Waals surface area contributed by atoms with Crippen LogP contribution >= 0.6 is 31.9 Å². The molecule has 230 valence electrons. The highest BCUT2D eigenvalue weighted by Crippen LogP contribution is 2.59. The van der Waals surface area contributed by atoms with Crippen molar-refractivity contribution in [2.45, 2.75) is 25.4 Å². The second-order valence-electron chi connectivity index (χ2n) is 11.3. The molecule has 2 amide bonds. The molecule has 2 aliphatic rings. The molecule has 1 heterocycles. The predicted molar refractivity (Wildman–Crippen MR) is 179 cm³/mol. The Balaban J connectivity index is 1.55. The molecular formula is C37H27Br2NO6. The van der Waals surface area contributed by atoms with Gasteiger partial charge >= 0.3 is 5.97 Å². The second-order valence-corrected chi connectivity index (χ2v) is 13.1. The number of carbonyl (C=O) groups is 5. The van der Waals surface area contributed by atoms with Gasteiger partial charge in [-0.2, -0.15) is 0 Å². The van der Waals surface area contributed by atoms with Gasteiger partial charge in [-0.25, -0.2) is 4.90 Å². The third-order valence-electron chi connectivity index (χ3n) is 8.55. The van der Waals surface area contributed by atoms with E-state index in [1.54, 1.807) is 91.0 Å². The lowest BCUT2D eigenvalue weighted by molar-refractivity contribution is -0.153. The minimum absolute atomic E-state index is 0.0387. The van der Waals surface area contributed by atoms with Crippen molar-refractivity contribution in [3.8, 4) is 0 Å². The van der Waals surface area contributed by atoms with Gasteiger partial charge in [0.05, 0.1) is 5.69 Å². The van der Waals surface area contributed by atoms with Gasteiger partial charge in [0.1, 0.15) is 17.9 Å². The van der Waals surface area contributed by atoms with E-state index in [1.165, 1.54) is 6.92 Å². The highest BCUT2D eigenvalue weighted by Gasteiger charge is 2.67. The first-order valence-corrected chi connectivity index (χ1v) is 16.2. The van der Waals surface area contributed by atoms with Gasteiger partial charge in [-0.05, 0) is 41.5 Å². The number of ether oxygens (including phenoxy) is 1. The molecule has 4 aromatic rings. The first-order chi connectivity index (χ1) is 22.1. The zero-order chi connectivity index (χ0) is 32.6. The molecule has 0 bridgehead atoms. The summed E-state index contributed by atoms with van der Waals surface area (Å²) >= 11 is 6.83. The molecular weight excluding hydrogens is 714 g/mol. The molecule has 1 aliphatic carbocycles. The van der Waals surface area contributed by atoms with Crippen molar-refractivity contribution in [3.63, 3.8) is 0 Å². The average Bonchev–Trinajstić information content (AvgIpc) is 3.52. The molecule has 46 heavy (non-hydrogen) atoms. The molecule has 7 nitrogen and oxygen atoms in total. The minimum Gasteiger partial charge on any atom is -0.460 e. The molecule has 9 heteroatoms. The lowest BCUT2D eigenvalue weighted by Crippen LogP contribution is -2.52. The molecule has 0 saturated carbocycles. The molecule has 0 N–H and O–H groups in total. The number of benzene rings is 4. The van der Waals surface area contributed by atoms with Crippen LogP contribution in [-0.4, -0.2) is 29.4 Å².